The molecule has 152 valence electrons. The lowest BCUT2D eigenvalue weighted by atomic mass is 10.1. The molecule has 1 N–H and O–H groups in total. The normalized spacial score (nSPS) is 14.9. The van der Waals surface area contributed by atoms with Crippen molar-refractivity contribution < 1.29 is 9.53 Å². The Morgan fingerprint density at radius 3 is 2.69 bits per heavy atom. The quantitative estimate of drug-likeness (QED) is 0.695. The molecule has 0 bridgehead atoms. The molecule has 1 amide bonds. The highest BCUT2D eigenvalue weighted by Gasteiger charge is 2.16. The molecule has 1 aliphatic rings. The average Bonchev–Trinajstić information content (AvgIpc) is 3.12. The first kappa shape index (κ1) is 19.7. The van der Waals surface area contributed by atoms with E-state index >= 15 is 0 Å². The van der Waals surface area contributed by atoms with E-state index in [1.807, 2.05) is 36.6 Å². The predicted molar refractivity (Wildman–Crippen MR) is 119 cm³/mol. The van der Waals surface area contributed by atoms with Crippen LogP contribution in [0.25, 0.3) is 10.9 Å². The molecular formula is C22H26N4O2S. The number of rotatable bonds is 5. The molecule has 1 fully saturated rings. The number of thiophene rings is 1. The molecule has 7 heteroatoms. The number of piperazine rings is 1. The Hall–Kier alpha value is -2.64. The van der Waals surface area contributed by atoms with Crippen molar-refractivity contribution in [2.75, 3.05) is 50.1 Å². The van der Waals surface area contributed by atoms with Crippen LogP contribution in [0.4, 0.5) is 11.5 Å². The standard InChI is InChI=1S/C22H26N4O2S/c1-15-10-21(26-8-6-25(3)7-9-26)24-20-5-4-17(12-19(15)20)23-22(27)13-28-18-11-16(2)29-14-18/h4-5,10-12,14H,6-9,13H2,1-3H3,(H,23,27). The first-order valence-electron chi connectivity index (χ1n) is 9.80. The predicted octanol–water partition coefficient (Wildman–Crippen LogP) is 3.68. The maximum absolute atomic E-state index is 12.2. The highest BCUT2D eigenvalue weighted by atomic mass is 32.1. The Labute approximate surface area is 175 Å². The number of amides is 1. The number of hydrogen-bond donors (Lipinski definition) is 1. The van der Waals surface area contributed by atoms with E-state index in [2.05, 4.69) is 35.2 Å². The second kappa shape index (κ2) is 8.39. The largest absolute Gasteiger partial charge is 0.483 e. The summed E-state index contributed by atoms with van der Waals surface area (Å²) in [6.07, 6.45) is 0. The molecule has 1 aliphatic heterocycles. The number of anilines is 2. The van der Waals surface area contributed by atoms with Gasteiger partial charge in [0.15, 0.2) is 6.61 Å². The Morgan fingerprint density at radius 1 is 1.17 bits per heavy atom. The summed E-state index contributed by atoms with van der Waals surface area (Å²) in [5, 5.41) is 5.88. The van der Waals surface area contributed by atoms with E-state index in [0.29, 0.717) is 0 Å². The van der Waals surface area contributed by atoms with Gasteiger partial charge >= 0.3 is 0 Å². The Bertz CT molecular complexity index is 1020. The zero-order valence-corrected chi connectivity index (χ0v) is 17.9. The maximum Gasteiger partial charge on any atom is 0.262 e. The second-order valence-corrected chi connectivity index (χ2v) is 8.66. The smallest absolute Gasteiger partial charge is 0.262 e. The zero-order chi connectivity index (χ0) is 20.4. The fraction of sp³-hybridized carbons (Fsp3) is 0.364. The van der Waals surface area contributed by atoms with Crippen LogP contribution in [-0.4, -0.2) is 55.6 Å². The molecule has 0 unspecified atom stereocenters. The number of nitrogens with one attached hydrogen (secondary N) is 1. The number of benzene rings is 1. The lowest BCUT2D eigenvalue weighted by Gasteiger charge is -2.33. The van der Waals surface area contributed by atoms with Gasteiger partial charge in [-0.15, -0.1) is 11.3 Å². The molecule has 2 aromatic heterocycles. The summed E-state index contributed by atoms with van der Waals surface area (Å²) < 4.78 is 5.54. The van der Waals surface area contributed by atoms with Gasteiger partial charge in [-0.2, -0.15) is 0 Å². The molecule has 29 heavy (non-hydrogen) atoms. The Morgan fingerprint density at radius 2 is 1.97 bits per heavy atom. The maximum atomic E-state index is 12.2. The van der Waals surface area contributed by atoms with Gasteiger partial charge in [0.25, 0.3) is 5.91 Å². The molecule has 0 saturated carbocycles. The summed E-state index contributed by atoms with van der Waals surface area (Å²) in [6.45, 7) is 8.19. The van der Waals surface area contributed by atoms with Gasteiger partial charge in [0.1, 0.15) is 11.6 Å². The van der Waals surface area contributed by atoms with E-state index in [-0.39, 0.29) is 12.5 Å². The van der Waals surface area contributed by atoms with Crippen LogP contribution < -0.4 is 15.0 Å². The second-order valence-electron chi connectivity index (χ2n) is 7.55. The van der Waals surface area contributed by atoms with Crippen molar-refractivity contribution in [3.63, 3.8) is 0 Å². The van der Waals surface area contributed by atoms with Gasteiger partial charge in [0.2, 0.25) is 0 Å². The molecular weight excluding hydrogens is 384 g/mol. The lowest BCUT2D eigenvalue weighted by molar-refractivity contribution is -0.118. The number of aromatic nitrogens is 1. The molecule has 0 radical (unpaired) electrons. The van der Waals surface area contributed by atoms with Crippen molar-refractivity contribution in [2.45, 2.75) is 13.8 Å². The Balaban J connectivity index is 1.45. The average molecular weight is 411 g/mol. The van der Waals surface area contributed by atoms with Crippen LogP contribution >= 0.6 is 11.3 Å². The summed E-state index contributed by atoms with van der Waals surface area (Å²) in [6, 6.07) is 9.93. The van der Waals surface area contributed by atoms with Crippen molar-refractivity contribution >= 4 is 39.7 Å². The summed E-state index contributed by atoms with van der Waals surface area (Å²) in [7, 11) is 2.15. The van der Waals surface area contributed by atoms with Crippen molar-refractivity contribution in [3.05, 3.63) is 46.2 Å². The van der Waals surface area contributed by atoms with Gasteiger partial charge in [-0.3, -0.25) is 4.79 Å². The third-order valence-electron chi connectivity index (χ3n) is 5.19. The fourth-order valence-electron chi connectivity index (χ4n) is 3.49. The summed E-state index contributed by atoms with van der Waals surface area (Å²) in [4.78, 5) is 22.9. The molecule has 1 aromatic carbocycles. The highest BCUT2D eigenvalue weighted by Crippen LogP contribution is 2.26. The number of carbonyl (C=O) groups excluding carboxylic acids is 1. The first-order valence-corrected chi connectivity index (χ1v) is 10.7. The number of fused-ring (bicyclic) bond motifs is 1. The van der Waals surface area contributed by atoms with Crippen LogP contribution in [0.3, 0.4) is 0 Å². The molecule has 0 aliphatic carbocycles. The van der Waals surface area contributed by atoms with Crippen LogP contribution in [0, 0.1) is 13.8 Å². The zero-order valence-electron chi connectivity index (χ0n) is 17.1. The minimum Gasteiger partial charge on any atom is -0.483 e. The lowest BCUT2D eigenvalue weighted by Crippen LogP contribution is -2.44. The van der Waals surface area contributed by atoms with Crippen LogP contribution in [-0.2, 0) is 4.79 Å². The molecule has 0 atom stereocenters. The van der Waals surface area contributed by atoms with Gasteiger partial charge in [-0.05, 0) is 56.8 Å². The van der Waals surface area contributed by atoms with Gasteiger partial charge in [-0.25, -0.2) is 4.98 Å². The first-order chi connectivity index (χ1) is 14.0. The minimum atomic E-state index is -0.173. The van der Waals surface area contributed by atoms with Gasteiger partial charge in [-0.1, -0.05) is 0 Å². The van der Waals surface area contributed by atoms with Gasteiger partial charge in [0.05, 0.1) is 5.52 Å². The molecule has 4 rings (SSSR count). The van der Waals surface area contributed by atoms with Crippen molar-refractivity contribution in [1.29, 1.82) is 0 Å². The number of pyridine rings is 1. The van der Waals surface area contributed by atoms with E-state index in [4.69, 9.17) is 9.72 Å². The van der Waals surface area contributed by atoms with Crippen LogP contribution in [0.2, 0.25) is 0 Å². The van der Waals surface area contributed by atoms with E-state index < -0.39 is 0 Å². The SMILES string of the molecule is Cc1cc(OCC(=O)Nc2ccc3nc(N4CCN(C)CC4)cc(C)c3c2)cs1. The molecule has 1 saturated heterocycles. The van der Waals surface area contributed by atoms with E-state index in [1.165, 1.54) is 0 Å². The third-order valence-corrected chi connectivity index (χ3v) is 6.03. The summed E-state index contributed by atoms with van der Waals surface area (Å²) in [5.41, 5.74) is 2.86. The summed E-state index contributed by atoms with van der Waals surface area (Å²) in [5.74, 6) is 1.59. The van der Waals surface area contributed by atoms with E-state index in [1.54, 1.807) is 11.3 Å². The Kier molecular flexibility index (Phi) is 5.69. The van der Waals surface area contributed by atoms with Crippen LogP contribution in [0.5, 0.6) is 5.75 Å². The van der Waals surface area contributed by atoms with E-state index in [0.717, 1.165) is 64.8 Å². The number of ether oxygens (including phenoxy) is 1. The summed E-state index contributed by atoms with van der Waals surface area (Å²) >= 11 is 1.61. The van der Waals surface area contributed by atoms with E-state index in [9.17, 15) is 4.79 Å². The number of likely N-dealkylation sites (N-methyl/N-ethyl adjacent to an activating group) is 1. The molecule has 3 heterocycles. The van der Waals surface area contributed by atoms with Gasteiger partial charge < -0.3 is 19.9 Å². The minimum absolute atomic E-state index is 0.00616. The number of aryl methyl sites for hydroxylation is 2. The van der Waals surface area contributed by atoms with Crippen molar-refractivity contribution in [3.8, 4) is 5.75 Å². The number of nitrogens with zero attached hydrogens (tertiary/aromatic N) is 3. The molecule has 6 nitrogen and oxygen atoms in total. The van der Waals surface area contributed by atoms with Crippen molar-refractivity contribution in [1.82, 2.24) is 9.88 Å². The number of carbonyl (C=O) groups is 1. The van der Waals surface area contributed by atoms with Crippen LogP contribution in [0.1, 0.15) is 10.4 Å². The van der Waals surface area contributed by atoms with Crippen LogP contribution in [0.15, 0.2) is 35.7 Å². The highest BCUT2D eigenvalue weighted by molar-refractivity contribution is 7.10. The third kappa shape index (κ3) is 4.68. The van der Waals surface area contributed by atoms with Crippen molar-refractivity contribution in [2.24, 2.45) is 0 Å². The monoisotopic (exact) mass is 410 g/mol. The molecule has 0 spiro atoms. The fourth-order valence-corrected chi connectivity index (χ4v) is 4.12. The topological polar surface area (TPSA) is 57.7 Å². The number of hydrogen-bond acceptors (Lipinski definition) is 6. The van der Waals surface area contributed by atoms with Gasteiger partial charge in [0, 0.05) is 47.5 Å². The molecule has 3 aromatic rings.